The van der Waals surface area contributed by atoms with Crippen molar-refractivity contribution in [2.24, 2.45) is 5.41 Å². The van der Waals surface area contributed by atoms with Crippen LogP contribution in [0.25, 0.3) is 22.2 Å². The summed E-state index contributed by atoms with van der Waals surface area (Å²) < 4.78 is 47.5. The summed E-state index contributed by atoms with van der Waals surface area (Å²) in [6.45, 7) is 9.27. The van der Waals surface area contributed by atoms with Crippen LogP contribution in [0.3, 0.4) is 0 Å². The van der Waals surface area contributed by atoms with Crippen molar-refractivity contribution in [2.45, 2.75) is 88.8 Å². The average Bonchev–Trinajstić information content (AvgIpc) is 3.64. The van der Waals surface area contributed by atoms with Crippen molar-refractivity contribution < 1.29 is 27.8 Å². The van der Waals surface area contributed by atoms with Crippen LogP contribution in [0.5, 0.6) is 5.75 Å². The van der Waals surface area contributed by atoms with Crippen LogP contribution < -0.4 is 4.74 Å². The minimum atomic E-state index is -4.44. The summed E-state index contributed by atoms with van der Waals surface area (Å²) in [4.78, 5) is 22.4. The highest BCUT2D eigenvalue weighted by Gasteiger charge is 2.43. The number of carboxylic acid groups (broad SMARTS) is 1. The number of benzene rings is 2. The number of aromatic nitrogens is 3. The lowest BCUT2D eigenvalue weighted by Gasteiger charge is -2.27. The first-order chi connectivity index (χ1) is 23.2. The van der Waals surface area contributed by atoms with Crippen LogP contribution in [0.4, 0.5) is 13.2 Å². The fourth-order valence-corrected chi connectivity index (χ4v) is 7.68. The van der Waals surface area contributed by atoms with Crippen LogP contribution in [0.15, 0.2) is 84.0 Å². The largest absolute Gasteiger partial charge is 0.487 e. The Hall–Kier alpha value is -4.31. The molecular weight excluding hydrogens is 648 g/mol. The molecule has 1 N–H and O–H groups in total. The first-order valence-corrected chi connectivity index (χ1v) is 17.3. The van der Waals surface area contributed by atoms with Gasteiger partial charge in [0.25, 0.3) is 0 Å². The molecule has 6 rings (SSSR count). The van der Waals surface area contributed by atoms with E-state index in [1.165, 1.54) is 6.07 Å². The quantitative estimate of drug-likeness (QED) is 0.147. The number of thioether (sulfide) groups is 1. The zero-order chi connectivity index (χ0) is 35.0. The maximum atomic E-state index is 13.1. The van der Waals surface area contributed by atoms with Gasteiger partial charge >= 0.3 is 12.1 Å². The summed E-state index contributed by atoms with van der Waals surface area (Å²) in [6, 6.07) is 20.1. The van der Waals surface area contributed by atoms with Crippen LogP contribution in [0.2, 0.25) is 0 Å². The molecule has 2 aromatic carbocycles. The van der Waals surface area contributed by atoms with Crippen LogP contribution >= 0.6 is 11.8 Å². The third kappa shape index (κ3) is 7.80. The molecule has 10 heteroatoms. The number of aliphatic carboxylic acids is 1. The molecule has 5 aromatic rings. The SMILES string of the molecule is Cc1ccc(COc2ccc3c(c2)c(SC(C)(C)C)c(CC2(C(=O)O)CCCC2)n3Cc2ccc(-c3ccc(C(F)(F)F)cn3)cc2)nc1. The van der Waals surface area contributed by atoms with Crippen molar-refractivity contribution in [2.75, 3.05) is 0 Å². The highest BCUT2D eigenvalue weighted by atomic mass is 32.2. The molecule has 6 nitrogen and oxygen atoms in total. The van der Waals surface area contributed by atoms with Gasteiger partial charge in [-0.15, -0.1) is 11.8 Å². The van der Waals surface area contributed by atoms with Crippen molar-refractivity contribution in [3.63, 3.8) is 0 Å². The molecular formula is C39H40F3N3O3S. The van der Waals surface area contributed by atoms with E-state index in [-0.39, 0.29) is 4.75 Å². The first kappa shape index (κ1) is 34.5. The highest BCUT2D eigenvalue weighted by molar-refractivity contribution is 8.00. The number of rotatable bonds is 10. The van der Waals surface area contributed by atoms with E-state index in [9.17, 15) is 23.1 Å². The monoisotopic (exact) mass is 687 g/mol. The molecule has 3 aromatic heterocycles. The summed E-state index contributed by atoms with van der Waals surface area (Å²) in [5.74, 6) is -0.0481. The number of alkyl halides is 3. The van der Waals surface area contributed by atoms with Gasteiger partial charge in [0.1, 0.15) is 12.4 Å². The molecule has 1 aliphatic carbocycles. The van der Waals surface area contributed by atoms with Gasteiger partial charge in [0.2, 0.25) is 0 Å². The number of nitrogens with zero attached hydrogens (tertiary/aromatic N) is 3. The molecule has 0 radical (unpaired) electrons. The van der Waals surface area contributed by atoms with Gasteiger partial charge in [-0.3, -0.25) is 14.8 Å². The van der Waals surface area contributed by atoms with E-state index in [0.717, 1.165) is 63.4 Å². The Balaban J connectivity index is 1.40. The normalized spacial score (nSPS) is 14.8. The molecule has 49 heavy (non-hydrogen) atoms. The summed E-state index contributed by atoms with van der Waals surface area (Å²) in [5.41, 5.74) is 4.39. The lowest BCUT2D eigenvalue weighted by Crippen LogP contribution is -2.31. The lowest BCUT2D eigenvalue weighted by molar-refractivity contribution is -0.148. The van der Waals surface area contributed by atoms with Gasteiger partial charge in [-0.25, -0.2) is 0 Å². The van der Waals surface area contributed by atoms with E-state index in [1.807, 2.05) is 61.7 Å². The molecule has 0 aliphatic heterocycles. The van der Waals surface area contributed by atoms with Crippen molar-refractivity contribution in [3.05, 3.63) is 107 Å². The van der Waals surface area contributed by atoms with Gasteiger partial charge in [0, 0.05) is 57.2 Å². The smallest absolute Gasteiger partial charge is 0.417 e. The Kier molecular flexibility index (Phi) is 9.55. The van der Waals surface area contributed by atoms with Crippen molar-refractivity contribution in [1.29, 1.82) is 0 Å². The van der Waals surface area contributed by atoms with E-state index < -0.39 is 23.1 Å². The first-order valence-electron chi connectivity index (χ1n) is 16.5. The summed E-state index contributed by atoms with van der Waals surface area (Å²) in [6.07, 6.45) is 1.68. The fourth-order valence-electron chi connectivity index (χ4n) is 6.50. The predicted molar refractivity (Wildman–Crippen MR) is 187 cm³/mol. The van der Waals surface area contributed by atoms with E-state index in [0.29, 0.717) is 49.4 Å². The third-order valence-electron chi connectivity index (χ3n) is 9.06. The fraction of sp³-hybridized carbons (Fsp3) is 0.359. The van der Waals surface area contributed by atoms with Gasteiger partial charge in [-0.2, -0.15) is 13.2 Å². The van der Waals surface area contributed by atoms with E-state index >= 15 is 0 Å². The lowest BCUT2D eigenvalue weighted by atomic mass is 9.81. The maximum absolute atomic E-state index is 13.1. The Morgan fingerprint density at radius 1 is 0.959 bits per heavy atom. The zero-order valence-corrected chi connectivity index (χ0v) is 28.9. The minimum absolute atomic E-state index is 0.154. The van der Waals surface area contributed by atoms with Gasteiger partial charge in [0.05, 0.1) is 22.4 Å². The van der Waals surface area contributed by atoms with Gasteiger partial charge in [0.15, 0.2) is 0 Å². The van der Waals surface area contributed by atoms with E-state index in [2.05, 4.69) is 41.4 Å². The van der Waals surface area contributed by atoms with Crippen LogP contribution in [0.1, 0.15) is 74.5 Å². The molecule has 1 fully saturated rings. The summed E-state index contributed by atoms with van der Waals surface area (Å²) in [7, 11) is 0. The Morgan fingerprint density at radius 2 is 1.69 bits per heavy atom. The molecule has 3 heterocycles. The Labute approximate surface area is 288 Å². The van der Waals surface area contributed by atoms with Gasteiger partial charge in [-0.05, 0) is 67.3 Å². The van der Waals surface area contributed by atoms with Crippen LogP contribution in [-0.4, -0.2) is 30.4 Å². The Morgan fingerprint density at radius 3 is 2.29 bits per heavy atom. The average molecular weight is 688 g/mol. The standard InChI is InChI=1S/C39H40F3N3O3S/c1-25-7-13-29(43-21-25)24-48-30-14-16-33-31(19-30)35(49-37(2,3)4)34(20-38(36(46)47)17-5-6-18-38)45(33)23-26-8-10-27(11-9-26)32-15-12-28(22-44-32)39(40,41)42/h7-16,19,21-22H,5-6,17-18,20,23-24H2,1-4H3,(H,46,47). The van der Waals surface area contributed by atoms with Crippen molar-refractivity contribution in [3.8, 4) is 17.0 Å². The number of carboxylic acids is 1. The highest BCUT2D eigenvalue weighted by Crippen LogP contribution is 2.48. The molecule has 0 atom stereocenters. The number of carbonyl (C=O) groups is 1. The molecule has 1 saturated carbocycles. The molecule has 0 spiro atoms. The second kappa shape index (κ2) is 13.5. The molecule has 0 bridgehead atoms. The molecule has 0 saturated heterocycles. The Bertz CT molecular complexity index is 1940. The number of pyridine rings is 2. The maximum Gasteiger partial charge on any atom is 0.417 e. The van der Waals surface area contributed by atoms with Crippen LogP contribution in [0, 0.1) is 12.3 Å². The number of hydrogen-bond acceptors (Lipinski definition) is 5. The third-order valence-corrected chi connectivity index (χ3v) is 10.3. The van der Waals surface area contributed by atoms with Crippen LogP contribution in [-0.2, 0) is 30.5 Å². The second-order valence-corrected chi connectivity index (χ2v) is 15.8. The number of halogens is 3. The zero-order valence-electron chi connectivity index (χ0n) is 28.1. The van der Waals surface area contributed by atoms with Crippen molar-refractivity contribution >= 4 is 28.6 Å². The molecule has 0 amide bonds. The van der Waals surface area contributed by atoms with Gasteiger partial charge < -0.3 is 14.4 Å². The number of aryl methyl sites for hydroxylation is 1. The predicted octanol–water partition coefficient (Wildman–Crippen LogP) is 10.1. The van der Waals surface area contributed by atoms with Gasteiger partial charge in [-0.1, -0.05) is 63.9 Å². The van der Waals surface area contributed by atoms with Crippen molar-refractivity contribution in [1.82, 2.24) is 14.5 Å². The summed E-state index contributed by atoms with van der Waals surface area (Å²) >= 11 is 1.74. The second-order valence-electron chi connectivity index (χ2n) is 14.0. The topological polar surface area (TPSA) is 77.2 Å². The number of hydrogen-bond donors (Lipinski definition) is 1. The molecule has 0 unspecified atom stereocenters. The molecule has 256 valence electrons. The van der Waals surface area contributed by atoms with E-state index in [1.54, 1.807) is 11.8 Å². The summed E-state index contributed by atoms with van der Waals surface area (Å²) in [5, 5.41) is 11.5. The molecule has 1 aliphatic rings. The van der Waals surface area contributed by atoms with E-state index in [4.69, 9.17) is 4.74 Å². The number of ether oxygens (including phenoxy) is 1. The minimum Gasteiger partial charge on any atom is -0.487 e. The number of fused-ring (bicyclic) bond motifs is 1.